The lowest BCUT2D eigenvalue weighted by Crippen LogP contribution is -2.11. The Morgan fingerprint density at radius 3 is 2.52 bits per heavy atom. The summed E-state index contributed by atoms with van der Waals surface area (Å²) in [7, 11) is -3.63. The molecule has 0 spiro atoms. The second kappa shape index (κ2) is 4.97. The first-order chi connectivity index (χ1) is 11.1. The molecule has 0 saturated heterocycles. The standard InChI is InChI=1S/C17H14N2O3S/c20-11-12-10-15-14-8-9-19(17(14)7-6-16(15)18-12)23(21,22)13-4-2-1-3-5-13/h1-10,18,20H,11H2. The Balaban J connectivity index is 1.99. The van der Waals surface area contributed by atoms with Crippen molar-refractivity contribution in [1.82, 2.24) is 8.96 Å². The molecule has 23 heavy (non-hydrogen) atoms. The smallest absolute Gasteiger partial charge is 0.268 e. The van der Waals surface area contributed by atoms with E-state index in [9.17, 15) is 13.5 Å². The predicted octanol–water partition coefficient (Wildman–Crippen LogP) is 2.85. The minimum Gasteiger partial charge on any atom is -0.390 e. The van der Waals surface area contributed by atoms with Crippen LogP contribution >= 0.6 is 0 Å². The van der Waals surface area contributed by atoms with Gasteiger partial charge in [-0.25, -0.2) is 12.4 Å². The number of nitrogens with zero attached hydrogens (tertiary/aromatic N) is 1. The Labute approximate surface area is 132 Å². The van der Waals surface area contributed by atoms with Crippen LogP contribution in [0.15, 0.2) is 65.7 Å². The summed E-state index contributed by atoms with van der Waals surface area (Å²) in [6.45, 7) is -0.0841. The monoisotopic (exact) mass is 326 g/mol. The molecule has 0 radical (unpaired) electrons. The molecule has 0 amide bonds. The van der Waals surface area contributed by atoms with Gasteiger partial charge in [0.1, 0.15) is 0 Å². The van der Waals surface area contributed by atoms with Crippen LogP contribution in [0.2, 0.25) is 0 Å². The average Bonchev–Trinajstić information content (AvgIpc) is 3.18. The van der Waals surface area contributed by atoms with Gasteiger partial charge in [-0.05, 0) is 36.4 Å². The van der Waals surface area contributed by atoms with Crippen molar-refractivity contribution in [2.24, 2.45) is 0 Å². The quantitative estimate of drug-likeness (QED) is 0.608. The molecule has 6 heteroatoms. The summed E-state index contributed by atoms with van der Waals surface area (Å²) >= 11 is 0. The lowest BCUT2D eigenvalue weighted by atomic mass is 10.1. The molecule has 0 fully saturated rings. The fourth-order valence-electron chi connectivity index (χ4n) is 2.86. The topological polar surface area (TPSA) is 75.1 Å². The highest BCUT2D eigenvalue weighted by Gasteiger charge is 2.19. The van der Waals surface area contributed by atoms with E-state index >= 15 is 0 Å². The van der Waals surface area contributed by atoms with Gasteiger partial charge in [-0.15, -0.1) is 0 Å². The third kappa shape index (κ3) is 2.07. The number of hydrogen-bond acceptors (Lipinski definition) is 3. The average molecular weight is 326 g/mol. The Kier molecular flexibility index (Phi) is 3.04. The summed E-state index contributed by atoms with van der Waals surface area (Å²) in [5, 5.41) is 11.0. The Morgan fingerprint density at radius 2 is 1.78 bits per heavy atom. The molecule has 0 saturated carbocycles. The molecule has 0 unspecified atom stereocenters. The maximum Gasteiger partial charge on any atom is 0.268 e. The highest BCUT2D eigenvalue weighted by Crippen LogP contribution is 2.29. The van der Waals surface area contributed by atoms with Crippen molar-refractivity contribution in [2.45, 2.75) is 11.5 Å². The van der Waals surface area contributed by atoms with E-state index in [1.165, 1.54) is 3.97 Å². The Bertz CT molecular complexity index is 1110. The highest BCUT2D eigenvalue weighted by atomic mass is 32.2. The van der Waals surface area contributed by atoms with Crippen molar-refractivity contribution in [3.05, 3.63) is 66.5 Å². The van der Waals surface area contributed by atoms with Crippen LogP contribution in [0.4, 0.5) is 0 Å². The fourth-order valence-corrected chi connectivity index (χ4v) is 4.23. The second-order valence-electron chi connectivity index (χ2n) is 5.34. The van der Waals surface area contributed by atoms with Gasteiger partial charge in [-0.1, -0.05) is 18.2 Å². The maximum absolute atomic E-state index is 12.8. The number of benzene rings is 2. The van der Waals surface area contributed by atoms with Crippen LogP contribution in [0.1, 0.15) is 5.69 Å². The molecule has 0 atom stereocenters. The molecule has 4 aromatic rings. The van der Waals surface area contributed by atoms with E-state index < -0.39 is 10.0 Å². The molecule has 0 aliphatic carbocycles. The van der Waals surface area contributed by atoms with Gasteiger partial charge in [-0.2, -0.15) is 0 Å². The summed E-state index contributed by atoms with van der Waals surface area (Å²) in [4.78, 5) is 3.36. The Morgan fingerprint density at radius 1 is 1.00 bits per heavy atom. The molecular formula is C17H14N2O3S. The number of aliphatic hydroxyl groups excluding tert-OH is 1. The number of hydrogen-bond donors (Lipinski definition) is 2. The lowest BCUT2D eigenvalue weighted by molar-refractivity contribution is 0.278. The summed E-state index contributed by atoms with van der Waals surface area (Å²) in [6, 6.07) is 15.6. The molecular weight excluding hydrogens is 312 g/mol. The van der Waals surface area contributed by atoms with E-state index in [4.69, 9.17) is 0 Å². The third-order valence-corrected chi connectivity index (χ3v) is 5.67. The molecule has 0 aliphatic heterocycles. The normalized spacial score (nSPS) is 12.2. The van der Waals surface area contributed by atoms with E-state index in [0.29, 0.717) is 11.2 Å². The molecule has 116 valence electrons. The highest BCUT2D eigenvalue weighted by molar-refractivity contribution is 7.90. The van der Waals surface area contributed by atoms with Crippen molar-refractivity contribution in [1.29, 1.82) is 0 Å². The van der Waals surface area contributed by atoms with Crippen molar-refractivity contribution >= 4 is 31.8 Å². The van der Waals surface area contributed by atoms with Crippen LogP contribution in [0, 0.1) is 0 Å². The van der Waals surface area contributed by atoms with Gasteiger partial charge >= 0.3 is 0 Å². The minimum absolute atomic E-state index is 0.0841. The van der Waals surface area contributed by atoms with E-state index in [1.54, 1.807) is 48.7 Å². The summed E-state index contributed by atoms with van der Waals surface area (Å²) < 4.78 is 26.9. The number of fused-ring (bicyclic) bond motifs is 3. The maximum atomic E-state index is 12.8. The zero-order valence-electron chi connectivity index (χ0n) is 12.1. The van der Waals surface area contributed by atoms with Gasteiger partial charge in [-0.3, -0.25) is 0 Å². The first-order valence-corrected chi connectivity index (χ1v) is 8.58. The van der Waals surface area contributed by atoms with Gasteiger partial charge in [0.05, 0.1) is 17.0 Å². The number of rotatable bonds is 3. The van der Waals surface area contributed by atoms with Crippen LogP contribution in [-0.2, 0) is 16.6 Å². The molecule has 4 rings (SSSR count). The molecule has 5 nitrogen and oxygen atoms in total. The van der Waals surface area contributed by atoms with E-state index in [0.717, 1.165) is 16.3 Å². The van der Waals surface area contributed by atoms with Crippen molar-refractivity contribution in [3.63, 3.8) is 0 Å². The number of nitrogens with one attached hydrogen (secondary N) is 1. The largest absolute Gasteiger partial charge is 0.390 e. The molecule has 2 aromatic heterocycles. The molecule has 2 heterocycles. The van der Waals surface area contributed by atoms with Gasteiger partial charge in [0.2, 0.25) is 0 Å². The van der Waals surface area contributed by atoms with Crippen LogP contribution in [-0.4, -0.2) is 22.5 Å². The minimum atomic E-state index is -3.63. The van der Waals surface area contributed by atoms with Crippen LogP contribution < -0.4 is 0 Å². The van der Waals surface area contributed by atoms with Gasteiger partial charge in [0.15, 0.2) is 0 Å². The zero-order valence-corrected chi connectivity index (χ0v) is 12.9. The molecule has 2 aromatic carbocycles. The number of aliphatic hydroxyl groups is 1. The second-order valence-corrected chi connectivity index (χ2v) is 7.16. The fraction of sp³-hybridized carbons (Fsp3) is 0.0588. The van der Waals surface area contributed by atoms with Gasteiger partial charge in [0, 0.05) is 28.2 Å². The van der Waals surface area contributed by atoms with E-state index in [2.05, 4.69) is 4.98 Å². The lowest BCUT2D eigenvalue weighted by Gasteiger charge is -2.07. The zero-order chi connectivity index (χ0) is 16.0. The molecule has 0 aliphatic rings. The predicted molar refractivity (Wildman–Crippen MR) is 88.7 cm³/mol. The Hall–Kier alpha value is -2.57. The van der Waals surface area contributed by atoms with E-state index in [1.807, 2.05) is 12.1 Å². The van der Waals surface area contributed by atoms with Gasteiger partial charge < -0.3 is 10.1 Å². The number of H-pyrrole nitrogens is 1. The van der Waals surface area contributed by atoms with Crippen LogP contribution in [0.3, 0.4) is 0 Å². The summed E-state index contributed by atoms with van der Waals surface area (Å²) in [5.41, 5.74) is 2.19. The van der Waals surface area contributed by atoms with Crippen LogP contribution in [0.25, 0.3) is 21.8 Å². The molecule has 2 N–H and O–H groups in total. The summed E-state index contributed by atoms with van der Waals surface area (Å²) in [6.07, 6.45) is 1.57. The number of aromatic amines is 1. The van der Waals surface area contributed by atoms with E-state index in [-0.39, 0.29) is 11.5 Å². The third-order valence-electron chi connectivity index (χ3n) is 3.96. The SMILES string of the molecule is O=S(=O)(c1ccccc1)n1ccc2c3cc(CO)[nH]c3ccc21. The summed E-state index contributed by atoms with van der Waals surface area (Å²) in [5.74, 6) is 0. The van der Waals surface area contributed by atoms with Crippen molar-refractivity contribution in [3.8, 4) is 0 Å². The van der Waals surface area contributed by atoms with Crippen LogP contribution in [0.5, 0.6) is 0 Å². The molecule has 0 bridgehead atoms. The van der Waals surface area contributed by atoms with Gasteiger partial charge in [0.25, 0.3) is 10.0 Å². The first kappa shape index (κ1) is 14.0. The first-order valence-electron chi connectivity index (χ1n) is 7.14. The number of aromatic nitrogens is 2. The van der Waals surface area contributed by atoms with Crippen molar-refractivity contribution in [2.75, 3.05) is 0 Å². The van der Waals surface area contributed by atoms with Crippen molar-refractivity contribution < 1.29 is 13.5 Å².